The Morgan fingerprint density at radius 3 is 2.55 bits per heavy atom. The minimum absolute atomic E-state index is 0.107. The van der Waals surface area contributed by atoms with Gasteiger partial charge in [-0.25, -0.2) is 0 Å². The standard InChI is InChI=1S/C16H13N3O3/c1-21-13-10-6-5-9-12(13)17-14(20)16-19-18-15(22-16)11-7-3-2-4-8-11/h2-10H,1H3,(H,17,20). The predicted octanol–water partition coefficient (Wildman–Crippen LogP) is 3.00. The number of carbonyl (C=O) groups excluding carboxylic acids is 1. The highest BCUT2D eigenvalue weighted by atomic mass is 16.5. The molecule has 2 aromatic carbocycles. The molecular weight excluding hydrogens is 282 g/mol. The van der Waals surface area contributed by atoms with Crippen LogP contribution < -0.4 is 10.1 Å². The average Bonchev–Trinajstić information content (AvgIpc) is 3.06. The van der Waals surface area contributed by atoms with Crippen molar-refractivity contribution in [2.45, 2.75) is 0 Å². The number of hydrogen-bond acceptors (Lipinski definition) is 5. The Morgan fingerprint density at radius 1 is 1.05 bits per heavy atom. The summed E-state index contributed by atoms with van der Waals surface area (Å²) in [5, 5.41) is 10.3. The first kappa shape index (κ1) is 13.8. The molecule has 22 heavy (non-hydrogen) atoms. The molecule has 0 saturated heterocycles. The smallest absolute Gasteiger partial charge is 0.313 e. The fourth-order valence-electron chi connectivity index (χ4n) is 1.94. The van der Waals surface area contributed by atoms with E-state index in [1.807, 2.05) is 36.4 Å². The molecule has 0 aliphatic rings. The van der Waals surface area contributed by atoms with Gasteiger partial charge in [0.15, 0.2) is 0 Å². The van der Waals surface area contributed by atoms with Gasteiger partial charge in [-0.05, 0) is 24.3 Å². The van der Waals surface area contributed by atoms with E-state index in [9.17, 15) is 4.79 Å². The molecule has 0 unspecified atom stereocenters. The Bertz CT molecular complexity index is 784. The number of aromatic nitrogens is 2. The van der Waals surface area contributed by atoms with E-state index in [0.717, 1.165) is 5.56 Å². The molecule has 0 bridgehead atoms. The first-order valence-corrected chi connectivity index (χ1v) is 6.61. The highest BCUT2D eigenvalue weighted by Gasteiger charge is 2.17. The van der Waals surface area contributed by atoms with Gasteiger partial charge in [-0.15, -0.1) is 10.2 Å². The first-order chi connectivity index (χ1) is 10.8. The molecular formula is C16H13N3O3. The van der Waals surface area contributed by atoms with E-state index in [0.29, 0.717) is 17.3 Å². The normalized spacial score (nSPS) is 10.2. The number of anilines is 1. The SMILES string of the molecule is COc1ccccc1NC(=O)c1nnc(-c2ccccc2)o1. The molecule has 0 aliphatic heterocycles. The van der Waals surface area contributed by atoms with Crippen LogP contribution in [0.25, 0.3) is 11.5 Å². The van der Waals surface area contributed by atoms with Crippen molar-refractivity contribution in [1.29, 1.82) is 0 Å². The molecule has 1 amide bonds. The zero-order valence-electron chi connectivity index (χ0n) is 11.8. The molecule has 6 nitrogen and oxygen atoms in total. The van der Waals surface area contributed by atoms with Gasteiger partial charge in [-0.2, -0.15) is 0 Å². The summed E-state index contributed by atoms with van der Waals surface area (Å²) in [4.78, 5) is 12.2. The van der Waals surface area contributed by atoms with Crippen molar-refractivity contribution in [3.05, 3.63) is 60.5 Å². The van der Waals surface area contributed by atoms with Crippen LogP contribution in [-0.2, 0) is 0 Å². The van der Waals surface area contributed by atoms with Crippen LogP contribution in [0.15, 0.2) is 59.0 Å². The van der Waals surface area contributed by atoms with E-state index in [2.05, 4.69) is 15.5 Å². The van der Waals surface area contributed by atoms with Crippen molar-refractivity contribution in [3.8, 4) is 17.2 Å². The van der Waals surface area contributed by atoms with Gasteiger partial charge in [0.05, 0.1) is 12.8 Å². The Morgan fingerprint density at radius 2 is 1.77 bits per heavy atom. The van der Waals surface area contributed by atoms with Crippen LogP contribution >= 0.6 is 0 Å². The zero-order valence-corrected chi connectivity index (χ0v) is 11.8. The molecule has 0 saturated carbocycles. The monoisotopic (exact) mass is 295 g/mol. The van der Waals surface area contributed by atoms with Gasteiger partial charge in [-0.1, -0.05) is 30.3 Å². The number of benzene rings is 2. The molecule has 0 fully saturated rings. The Balaban J connectivity index is 1.80. The van der Waals surface area contributed by atoms with Crippen molar-refractivity contribution in [2.24, 2.45) is 0 Å². The molecule has 0 spiro atoms. The number of hydrogen-bond donors (Lipinski definition) is 1. The number of para-hydroxylation sites is 2. The number of carbonyl (C=O) groups is 1. The van der Waals surface area contributed by atoms with Gasteiger partial charge < -0.3 is 14.5 Å². The zero-order chi connectivity index (χ0) is 15.4. The van der Waals surface area contributed by atoms with E-state index in [1.54, 1.807) is 18.2 Å². The van der Waals surface area contributed by atoms with Crippen molar-refractivity contribution >= 4 is 11.6 Å². The molecule has 110 valence electrons. The molecule has 3 rings (SSSR count). The molecule has 3 aromatic rings. The van der Waals surface area contributed by atoms with Crippen LogP contribution in [0.1, 0.15) is 10.7 Å². The number of ether oxygens (including phenoxy) is 1. The van der Waals surface area contributed by atoms with Crippen LogP contribution in [0.5, 0.6) is 5.75 Å². The van der Waals surface area contributed by atoms with Crippen LogP contribution in [0.2, 0.25) is 0 Å². The second-order valence-corrected chi connectivity index (χ2v) is 4.43. The fourth-order valence-corrected chi connectivity index (χ4v) is 1.94. The molecule has 1 N–H and O–H groups in total. The number of methoxy groups -OCH3 is 1. The maximum Gasteiger partial charge on any atom is 0.313 e. The van der Waals surface area contributed by atoms with Crippen molar-refractivity contribution in [3.63, 3.8) is 0 Å². The third-order valence-corrected chi connectivity index (χ3v) is 3.00. The highest BCUT2D eigenvalue weighted by molar-refractivity contribution is 6.01. The largest absolute Gasteiger partial charge is 0.495 e. The summed E-state index contributed by atoms with van der Waals surface area (Å²) in [6.07, 6.45) is 0. The second-order valence-electron chi connectivity index (χ2n) is 4.43. The molecule has 0 aliphatic carbocycles. The van der Waals surface area contributed by atoms with Crippen molar-refractivity contribution < 1.29 is 13.9 Å². The lowest BCUT2D eigenvalue weighted by Crippen LogP contribution is -2.13. The summed E-state index contributed by atoms with van der Waals surface area (Å²) in [6, 6.07) is 16.3. The molecule has 0 atom stereocenters. The highest BCUT2D eigenvalue weighted by Crippen LogP contribution is 2.24. The van der Waals surface area contributed by atoms with Gasteiger partial charge in [0, 0.05) is 5.56 Å². The van der Waals surface area contributed by atoms with Crippen molar-refractivity contribution in [1.82, 2.24) is 10.2 Å². The number of amides is 1. The topological polar surface area (TPSA) is 77.2 Å². The quantitative estimate of drug-likeness (QED) is 0.800. The summed E-state index contributed by atoms with van der Waals surface area (Å²) in [7, 11) is 1.53. The van der Waals surface area contributed by atoms with E-state index in [1.165, 1.54) is 7.11 Å². The minimum atomic E-state index is -0.487. The van der Waals surface area contributed by atoms with Crippen LogP contribution in [-0.4, -0.2) is 23.2 Å². The third-order valence-electron chi connectivity index (χ3n) is 3.00. The van der Waals surface area contributed by atoms with Crippen LogP contribution in [0, 0.1) is 0 Å². The van der Waals surface area contributed by atoms with Gasteiger partial charge >= 0.3 is 11.8 Å². The Kier molecular flexibility index (Phi) is 3.82. The van der Waals surface area contributed by atoms with Gasteiger partial charge in [-0.3, -0.25) is 4.79 Å². The maximum absolute atomic E-state index is 12.2. The first-order valence-electron chi connectivity index (χ1n) is 6.61. The summed E-state index contributed by atoms with van der Waals surface area (Å²) >= 11 is 0. The third kappa shape index (κ3) is 2.80. The van der Waals surface area contributed by atoms with Gasteiger partial charge in [0.2, 0.25) is 5.89 Å². The van der Waals surface area contributed by atoms with E-state index < -0.39 is 5.91 Å². The fraction of sp³-hybridized carbons (Fsp3) is 0.0625. The molecule has 0 radical (unpaired) electrons. The lowest BCUT2D eigenvalue weighted by Gasteiger charge is -2.07. The Hall–Kier alpha value is -3.15. The molecule has 6 heteroatoms. The summed E-state index contributed by atoms with van der Waals surface area (Å²) in [6.45, 7) is 0. The summed E-state index contributed by atoms with van der Waals surface area (Å²) in [5.41, 5.74) is 1.29. The summed E-state index contributed by atoms with van der Waals surface area (Å²) in [5.74, 6) is 0.258. The van der Waals surface area contributed by atoms with Crippen LogP contribution in [0.4, 0.5) is 5.69 Å². The van der Waals surface area contributed by atoms with E-state index in [-0.39, 0.29) is 5.89 Å². The Labute approximate surface area is 126 Å². The van der Waals surface area contributed by atoms with Crippen molar-refractivity contribution in [2.75, 3.05) is 12.4 Å². The molecule has 1 aromatic heterocycles. The number of nitrogens with one attached hydrogen (secondary N) is 1. The summed E-state index contributed by atoms with van der Waals surface area (Å²) < 4.78 is 10.6. The average molecular weight is 295 g/mol. The second kappa shape index (κ2) is 6.09. The maximum atomic E-state index is 12.2. The lowest BCUT2D eigenvalue weighted by atomic mass is 10.2. The van der Waals surface area contributed by atoms with Crippen LogP contribution in [0.3, 0.4) is 0 Å². The van der Waals surface area contributed by atoms with E-state index >= 15 is 0 Å². The number of rotatable bonds is 4. The van der Waals surface area contributed by atoms with Gasteiger partial charge in [0.1, 0.15) is 5.75 Å². The van der Waals surface area contributed by atoms with Gasteiger partial charge in [0.25, 0.3) is 0 Å². The minimum Gasteiger partial charge on any atom is -0.495 e. The predicted molar refractivity (Wildman–Crippen MR) is 80.7 cm³/mol. The molecule has 1 heterocycles. The number of nitrogens with zero attached hydrogens (tertiary/aromatic N) is 2. The van der Waals surface area contributed by atoms with E-state index in [4.69, 9.17) is 9.15 Å². The lowest BCUT2D eigenvalue weighted by molar-refractivity contribution is 0.0990.